The third kappa shape index (κ3) is 4.44. The molecule has 1 saturated carbocycles. The number of carbonyl (C=O) groups is 1. The van der Waals surface area contributed by atoms with Crippen molar-refractivity contribution in [3.8, 4) is 11.9 Å². The molecule has 1 N–H and O–H groups in total. The van der Waals surface area contributed by atoms with Crippen LogP contribution in [0.2, 0.25) is 0 Å². The van der Waals surface area contributed by atoms with Gasteiger partial charge in [0.25, 0.3) is 0 Å². The Bertz CT molecular complexity index is 1060. The number of hydrogen-bond donors (Lipinski definition) is 1. The molecular weight excluding hydrogens is 374 g/mol. The predicted molar refractivity (Wildman–Crippen MR) is 116 cm³/mol. The minimum absolute atomic E-state index is 0.197. The normalized spacial score (nSPS) is 15.3. The second kappa shape index (κ2) is 8.96. The fraction of sp³-hybridized carbons (Fsp3) is 0.320. The highest BCUT2D eigenvalue weighted by Gasteiger charge is 2.36. The van der Waals surface area contributed by atoms with Gasteiger partial charge in [0.2, 0.25) is 5.91 Å². The van der Waals surface area contributed by atoms with Crippen LogP contribution in [0.4, 0.5) is 0 Å². The van der Waals surface area contributed by atoms with Crippen LogP contribution >= 0.6 is 0 Å². The van der Waals surface area contributed by atoms with E-state index in [1.165, 1.54) is 6.42 Å². The van der Waals surface area contributed by atoms with Crippen molar-refractivity contribution in [3.63, 3.8) is 0 Å². The van der Waals surface area contributed by atoms with Gasteiger partial charge < -0.3 is 4.74 Å². The number of fused-ring (bicyclic) bond motifs is 1. The molecule has 1 aliphatic rings. The lowest BCUT2D eigenvalue weighted by Crippen LogP contribution is -2.35. The summed E-state index contributed by atoms with van der Waals surface area (Å²) in [5, 5.41) is 12.2. The Morgan fingerprint density at radius 2 is 1.80 bits per heavy atom. The second-order valence-corrected chi connectivity index (χ2v) is 7.99. The molecule has 1 aromatic heterocycles. The smallest absolute Gasteiger partial charge is 0.233 e. The Morgan fingerprint density at radius 3 is 2.57 bits per heavy atom. The molecule has 0 atom stereocenters. The first kappa shape index (κ1) is 19.9. The topological polar surface area (TPSA) is 75.0 Å². The van der Waals surface area contributed by atoms with E-state index in [9.17, 15) is 4.79 Å². The molecule has 152 valence electrons. The summed E-state index contributed by atoms with van der Waals surface area (Å²) in [5.41, 5.74) is 2.79. The molecule has 5 nitrogen and oxygen atoms in total. The van der Waals surface area contributed by atoms with Crippen molar-refractivity contribution in [2.75, 3.05) is 0 Å². The maximum atomic E-state index is 12.1. The van der Waals surface area contributed by atoms with Crippen molar-refractivity contribution in [2.24, 2.45) is 0 Å². The largest absolute Gasteiger partial charge is 0.487 e. The molecule has 5 heteroatoms. The van der Waals surface area contributed by atoms with Crippen LogP contribution in [0, 0.1) is 11.5 Å². The van der Waals surface area contributed by atoms with E-state index in [-0.39, 0.29) is 11.3 Å². The van der Waals surface area contributed by atoms with E-state index in [4.69, 9.17) is 10.00 Å². The van der Waals surface area contributed by atoms with Crippen LogP contribution in [-0.4, -0.2) is 10.9 Å². The number of rotatable bonds is 6. The highest BCUT2D eigenvalue weighted by Crippen LogP contribution is 2.42. The van der Waals surface area contributed by atoms with Crippen LogP contribution in [0.1, 0.15) is 49.8 Å². The van der Waals surface area contributed by atoms with Gasteiger partial charge in [-0.3, -0.25) is 10.1 Å². The van der Waals surface area contributed by atoms with E-state index < -0.39 is 0 Å². The number of para-hydroxylation sites is 1. The SMILES string of the molecule is N#CNC(=O)CC1(c2ccc(OCc3ccc4ccccc4n3)cc2)CCCCC1. The molecule has 1 aliphatic carbocycles. The Labute approximate surface area is 176 Å². The quantitative estimate of drug-likeness (QED) is 0.467. The molecule has 3 aromatic rings. The highest BCUT2D eigenvalue weighted by molar-refractivity contribution is 5.79. The summed E-state index contributed by atoms with van der Waals surface area (Å²) in [4.78, 5) is 16.8. The van der Waals surface area contributed by atoms with E-state index >= 15 is 0 Å². The minimum atomic E-state index is -0.206. The fourth-order valence-corrected chi connectivity index (χ4v) is 4.46. The van der Waals surface area contributed by atoms with Crippen LogP contribution in [0.3, 0.4) is 0 Å². The molecular formula is C25H25N3O2. The number of carbonyl (C=O) groups excluding carboxylic acids is 1. The average Bonchev–Trinajstić information content (AvgIpc) is 2.78. The molecule has 0 spiro atoms. The molecule has 30 heavy (non-hydrogen) atoms. The molecule has 1 amide bonds. The first-order valence-electron chi connectivity index (χ1n) is 10.4. The maximum Gasteiger partial charge on any atom is 0.233 e. The van der Waals surface area contributed by atoms with Crippen molar-refractivity contribution in [3.05, 3.63) is 71.9 Å². The molecule has 2 aromatic carbocycles. The number of ether oxygens (including phenoxy) is 1. The zero-order chi connectivity index (χ0) is 20.8. The summed E-state index contributed by atoms with van der Waals surface area (Å²) in [6, 6.07) is 20.1. The Hall–Kier alpha value is -3.39. The van der Waals surface area contributed by atoms with Crippen molar-refractivity contribution in [2.45, 2.75) is 50.5 Å². The Kier molecular flexibility index (Phi) is 5.94. The van der Waals surface area contributed by atoms with E-state index in [0.29, 0.717) is 13.0 Å². The number of nitrogens with one attached hydrogen (secondary N) is 1. The van der Waals surface area contributed by atoms with Crippen LogP contribution in [0.5, 0.6) is 5.75 Å². The van der Waals surface area contributed by atoms with Crippen molar-refractivity contribution in [1.29, 1.82) is 5.26 Å². The third-order valence-electron chi connectivity index (χ3n) is 6.01. The number of aromatic nitrogens is 1. The molecule has 0 aliphatic heterocycles. The van der Waals surface area contributed by atoms with Crippen LogP contribution in [-0.2, 0) is 16.8 Å². The number of benzene rings is 2. The third-order valence-corrected chi connectivity index (χ3v) is 6.01. The lowest BCUT2D eigenvalue weighted by Gasteiger charge is -2.37. The lowest BCUT2D eigenvalue weighted by atomic mass is 9.67. The first-order chi connectivity index (χ1) is 14.7. The number of nitriles is 1. The number of hydrogen-bond acceptors (Lipinski definition) is 4. The Balaban J connectivity index is 1.46. The van der Waals surface area contributed by atoms with Gasteiger partial charge >= 0.3 is 0 Å². The van der Waals surface area contributed by atoms with Crippen molar-refractivity contribution in [1.82, 2.24) is 10.3 Å². The van der Waals surface area contributed by atoms with E-state index in [1.807, 2.05) is 42.5 Å². The zero-order valence-electron chi connectivity index (χ0n) is 16.9. The summed E-state index contributed by atoms with van der Waals surface area (Å²) in [6.07, 6.45) is 7.43. The van der Waals surface area contributed by atoms with Gasteiger partial charge in [0, 0.05) is 17.2 Å². The monoisotopic (exact) mass is 399 g/mol. The summed E-state index contributed by atoms with van der Waals surface area (Å²) in [6.45, 7) is 0.403. The maximum absolute atomic E-state index is 12.1. The first-order valence-corrected chi connectivity index (χ1v) is 10.4. The van der Waals surface area contributed by atoms with Gasteiger partial charge in [-0.15, -0.1) is 0 Å². The number of pyridine rings is 1. The van der Waals surface area contributed by atoms with Crippen LogP contribution in [0.15, 0.2) is 60.7 Å². The predicted octanol–water partition coefficient (Wildman–Crippen LogP) is 5.00. The minimum Gasteiger partial charge on any atom is -0.487 e. The lowest BCUT2D eigenvalue weighted by molar-refractivity contribution is -0.121. The molecule has 1 heterocycles. The Morgan fingerprint density at radius 1 is 1.03 bits per heavy atom. The fourth-order valence-electron chi connectivity index (χ4n) is 4.46. The number of nitrogens with zero attached hydrogens (tertiary/aromatic N) is 2. The van der Waals surface area contributed by atoms with Crippen molar-refractivity contribution < 1.29 is 9.53 Å². The molecule has 0 unspecified atom stereocenters. The molecule has 0 saturated heterocycles. The molecule has 0 bridgehead atoms. The zero-order valence-corrected chi connectivity index (χ0v) is 16.9. The van der Waals surface area contributed by atoms with E-state index in [2.05, 4.69) is 28.5 Å². The molecule has 1 fully saturated rings. The van der Waals surface area contributed by atoms with Gasteiger partial charge in [-0.1, -0.05) is 55.7 Å². The summed E-state index contributed by atoms with van der Waals surface area (Å²) in [7, 11) is 0. The molecule has 4 rings (SSSR count). The summed E-state index contributed by atoms with van der Waals surface area (Å²) in [5.74, 6) is 0.572. The van der Waals surface area contributed by atoms with E-state index in [0.717, 1.165) is 53.6 Å². The van der Waals surface area contributed by atoms with Gasteiger partial charge in [0.15, 0.2) is 6.19 Å². The number of amides is 1. The average molecular weight is 399 g/mol. The standard InChI is InChI=1S/C25H25N3O2/c26-18-27-24(29)16-25(14-4-1-5-15-25)20-9-12-22(13-10-20)30-17-21-11-8-19-6-2-3-7-23(19)28-21/h2-3,6-13H,1,4-5,14-17H2,(H,27,29). The summed E-state index contributed by atoms with van der Waals surface area (Å²) < 4.78 is 5.95. The van der Waals surface area contributed by atoms with Gasteiger partial charge in [-0.2, -0.15) is 5.26 Å². The van der Waals surface area contributed by atoms with Crippen molar-refractivity contribution >= 4 is 16.8 Å². The summed E-state index contributed by atoms with van der Waals surface area (Å²) >= 11 is 0. The molecule has 0 radical (unpaired) electrons. The van der Waals surface area contributed by atoms with E-state index in [1.54, 1.807) is 6.19 Å². The second-order valence-electron chi connectivity index (χ2n) is 7.99. The highest BCUT2D eigenvalue weighted by atomic mass is 16.5. The van der Waals surface area contributed by atoms with Gasteiger partial charge in [-0.05, 0) is 42.7 Å². The van der Waals surface area contributed by atoms with Crippen LogP contribution < -0.4 is 10.1 Å². The van der Waals surface area contributed by atoms with Crippen LogP contribution in [0.25, 0.3) is 10.9 Å². The van der Waals surface area contributed by atoms with Gasteiger partial charge in [0.05, 0.1) is 11.2 Å². The van der Waals surface area contributed by atoms with Gasteiger partial charge in [-0.25, -0.2) is 4.98 Å². The van der Waals surface area contributed by atoms with Gasteiger partial charge in [0.1, 0.15) is 12.4 Å².